The van der Waals surface area contributed by atoms with E-state index in [1.807, 2.05) is 26.0 Å². The van der Waals surface area contributed by atoms with Crippen LogP contribution in [0.2, 0.25) is 0 Å². The fourth-order valence-corrected chi connectivity index (χ4v) is 2.94. The SMILES string of the molecule is Cc1ccc(C(C)NC(=O)c2c(C)ccn(C3CC3)c2=O)cc1C. The normalized spacial score (nSPS) is 15.2. The van der Waals surface area contributed by atoms with E-state index in [-0.39, 0.29) is 29.1 Å². The number of benzene rings is 1. The predicted molar refractivity (Wildman–Crippen MR) is 95.5 cm³/mol. The maximum absolute atomic E-state index is 12.7. The molecule has 1 aromatic heterocycles. The van der Waals surface area contributed by atoms with Gasteiger partial charge in [-0.1, -0.05) is 18.2 Å². The highest BCUT2D eigenvalue weighted by molar-refractivity contribution is 5.95. The second kappa shape index (κ2) is 6.27. The van der Waals surface area contributed by atoms with E-state index in [4.69, 9.17) is 0 Å². The molecule has 126 valence electrons. The van der Waals surface area contributed by atoms with E-state index >= 15 is 0 Å². The summed E-state index contributed by atoms with van der Waals surface area (Å²) in [6, 6.07) is 8.14. The van der Waals surface area contributed by atoms with Gasteiger partial charge in [-0.2, -0.15) is 0 Å². The second-order valence-electron chi connectivity index (χ2n) is 6.86. The van der Waals surface area contributed by atoms with Gasteiger partial charge in [0.1, 0.15) is 5.56 Å². The Morgan fingerprint density at radius 3 is 2.46 bits per heavy atom. The van der Waals surface area contributed by atoms with Crippen molar-refractivity contribution < 1.29 is 4.79 Å². The molecule has 1 aromatic carbocycles. The van der Waals surface area contributed by atoms with Gasteiger partial charge in [-0.25, -0.2) is 0 Å². The number of nitrogens with one attached hydrogen (secondary N) is 1. The van der Waals surface area contributed by atoms with E-state index in [1.165, 1.54) is 11.1 Å². The molecule has 4 heteroatoms. The highest BCUT2D eigenvalue weighted by Crippen LogP contribution is 2.33. The van der Waals surface area contributed by atoms with Gasteiger partial charge in [0.25, 0.3) is 11.5 Å². The monoisotopic (exact) mass is 324 g/mol. The molecular formula is C20H24N2O2. The van der Waals surface area contributed by atoms with E-state index in [0.717, 1.165) is 24.0 Å². The highest BCUT2D eigenvalue weighted by atomic mass is 16.2. The van der Waals surface area contributed by atoms with Gasteiger partial charge in [-0.05, 0) is 68.9 Å². The van der Waals surface area contributed by atoms with Crippen molar-refractivity contribution in [2.45, 2.75) is 52.6 Å². The number of pyridine rings is 1. The number of carbonyl (C=O) groups is 1. The van der Waals surface area contributed by atoms with E-state index < -0.39 is 0 Å². The molecule has 1 heterocycles. The van der Waals surface area contributed by atoms with Gasteiger partial charge in [0.05, 0.1) is 6.04 Å². The predicted octanol–water partition coefficient (Wildman–Crippen LogP) is 3.60. The van der Waals surface area contributed by atoms with Crippen LogP contribution in [0.1, 0.15) is 64.5 Å². The van der Waals surface area contributed by atoms with Crippen LogP contribution in [0.25, 0.3) is 0 Å². The Hall–Kier alpha value is -2.36. The third kappa shape index (κ3) is 3.14. The number of rotatable bonds is 4. The Labute approximate surface area is 142 Å². The molecule has 3 rings (SSSR count). The van der Waals surface area contributed by atoms with Crippen LogP contribution < -0.4 is 10.9 Å². The molecule has 2 aromatic rings. The number of nitrogens with zero attached hydrogens (tertiary/aromatic N) is 1. The Morgan fingerprint density at radius 2 is 1.83 bits per heavy atom. The molecule has 1 fully saturated rings. The first kappa shape index (κ1) is 16.5. The number of amides is 1. The lowest BCUT2D eigenvalue weighted by molar-refractivity contribution is 0.0937. The van der Waals surface area contributed by atoms with Gasteiger partial charge in [-0.15, -0.1) is 0 Å². The first-order valence-corrected chi connectivity index (χ1v) is 8.48. The quantitative estimate of drug-likeness (QED) is 0.934. The molecule has 1 aliphatic carbocycles. The third-order valence-corrected chi connectivity index (χ3v) is 4.87. The molecule has 24 heavy (non-hydrogen) atoms. The molecule has 1 unspecified atom stereocenters. The van der Waals surface area contributed by atoms with Gasteiger partial charge in [-0.3, -0.25) is 9.59 Å². The second-order valence-corrected chi connectivity index (χ2v) is 6.86. The van der Waals surface area contributed by atoms with Gasteiger partial charge >= 0.3 is 0 Å². The zero-order chi connectivity index (χ0) is 17.4. The van der Waals surface area contributed by atoms with Crippen molar-refractivity contribution in [1.82, 2.24) is 9.88 Å². The smallest absolute Gasteiger partial charge is 0.263 e. The zero-order valence-corrected chi connectivity index (χ0v) is 14.7. The molecule has 4 nitrogen and oxygen atoms in total. The fourth-order valence-electron chi connectivity index (χ4n) is 2.94. The third-order valence-electron chi connectivity index (χ3n) is 4.87. The number of carbonyl (C=O) groups excluding carboxylic acids is 1. The lowest BCUT2D eigenvalue weighted by Gasteiger charge is -2.17. The standard InChI is InChI=1S/C20H24N2O2/c1-12-5-6-16(11-14(12)3)15(4)21-19(23)18-13(2)9-10-22(20(18)24)17-7-8-17/h5-6,9-11,15,17H,7-8H2,1-4H3,(H,21,23). The molecule has 1 N–H and O–H groups in total. The molecule has 1 aliphatic rings. The summed E-state index contributed by atoms with van der Waals surface area (Å²) in [7, 11) is 0. The fraction of sp³-hybridized carbons (Fsp3) is 0.400. The van der Waals surface area contributed by atoms with E-state index in [1.54, 1.807) is 10.8 Å². The van der Waals surface area contributed by atoms with Crippen LogP contribution >= 0.6 is 0 Å². The van der Waals surface area contributed by atoms with Crippen LogP contribution in [-0.4, -0.2) is 10.5 Å². The van der Waals surface area contributed by atoms with Crippen LogP contribution in [0.15, 0.2) is 35.3 Å². The molecule has 0 bridgehead atoms. The highest BCUT2D eigenvalue weighted by Gasteiger charge is 2.27. The summed E-state index contributed by atoms with van der Waals surface area (Å²) in [6.07, 6.45) is 3.84. The Balaban J connectivity index is 1.85. The average molecular weight is 324 g/mol. The van der Waals surface area contributed by atoms with Gasteiger partial charge in [0, 0.05) is 12.2 Å². The van der Waals surface area contributed by atoms with Crippen molar-refractivity contribution in [3.8, 4) is 0 Å². The molecule has 1 amide bonds. The van der Waals surface area contributed by atoms with Crippen molar-refractivity contribution in [2.75, 3.05) is 0 Å². The molecule has 1 saturated carbocycles. The zero-order valence-electron chi connectivity index (χ0n) is 14.7. The maximum Gasteiger partial charge on any atom is 0.263 e. The van der Waals surface area contributed by atoms with E-state index in [9.17, 15) is 9.59 Å². The topological polar surface area (TPSA) is 51.1 Å². The molecule has 1 atom stereocenters. The van der Waals surface area contributed by atoms with E-state index in [2.05, 4.69) is 31.3 Å². The average Bonchev–Trinajstić information content (AvgIpc) is 3.34. The maximum atomic E-state index is 12.7. The van der Waals surface area contributed by atoms with Crippen molar-refractivity contribution in [2.24, 2.45) is 0 Å². The summed E-state index contributed by atoms with van der Waals surface area (Å²) in [5.74, 6) is -0.293. The lowest BCUT2D eigenvalue weighted by Crippen LogP contribution is -2.35. The Bertz CT molecular complexity index is 847. The summed E-state index contributed by atoms with van der Waals surface area (Å²) in [5, 5.41) is 2.98. The first-order chi connectivity index (χ1) is 11.4. The molecule has 0 radical (unpaired) electrons. The van der Waals surface area contributed by atoms with Crippen LogP contribution in [0.4, 0.5) is 0 Å². The minimum Gasteiger partial charge on any atom is -0.345 e. The summed E-state index contributed by atoms with van der Waals surface area (Å²) in [4.78, 5) is 25.3. The summed E-state index contributed by atoms with van der Waals surface area (Å²) in [6.45, 7) is 7.88. The molecule has 0 saturated heterocycles. The number of aryl methyl sites for hydroxylation is 3. The minimum absolute atomic E-state index is 0.148. The Kier molecular flexibility index (Phi) is 4.31. The number of hydrogen-bond donors (Lipinski definition) is 1. The van der Waals surface area contributed by atoms with Crippen LogP contribution in [0, 0.1) is 20.8 Å². The van der Waals surface area contributed by atoms with Crippen molar-refractivity contribution in [3.63, 3.8) is 0 Å². The first-order valence-electron chi connectivity index (χ1n) is 8.48. The van der Waals surface area contributed by atoms with Crippen LogP contribution in [-0.2, 0) is 0 Å². The summed E-state index contributed by atoms with van der Waals surface area (Å²) < 4.78 is 1.70. The largest absolute Gasteiger partial charge is 0.345 e. The van der Waals surface area contributed by atoms with Gasteiger partial charge in [0.2, 0.25) is 0 Å². The number of hydrogen-bond acceptors (Lipinski definition) is 2. The van der Waals surface area contributed by atoms with Crippen LogP contribution in [0.3, 0.4) is 0 Å². The van der Waals surface area contributed by atoms with Crippen molar-refractivity contribution >= 4 is 5.91 Å². The van der Waals surface area contributed by atoms with Gasteiger partial charge in [0.15, 0.2) is 0 Å². The van der Waals surface area contributed by atoms with Gasteiger partial charge < -0.3 is 9.88 Å². The Morgan fingerprint density at radius 1 is 1.12 bits per heavy atom. The lowest BCUT2D eigenvalue weighted by atomic mass is 10.0. The number of aromatic nitrogens is 1. The molecule has 0 spiro atoms. The van der Waals surface area contributed by atoms with Crippen molar-refractivity contribution in [1.29, 1.82) is 0 Å². The minimum atomic E-state index is -0.293. The summed E-state index contributed by atoms with van der Waals surface area (Å²) >= 11 is 0. The van der Waals surface area contributed by atoms with E-state index in [0.29, 0.717) is 0 Å². The van der Waals surface area contributed by atoms with Crippen LogP contribution in [0.5, 0.6) is 0 Å². The van der Waals surface area contributed by atoms with Crippen molar-refractivity contribution in [3.05, 3.63) is 68.6 Å². The molecule has 0 aliphatic heterocycles. The summed E-state index contributed by atoms with van der Waals surface area (Å²) in [5.41, 5.74) is 4.27. The molecular weight excluding hydrogens is 300 g/mol.